The van der Waals surface area contributed by atoms with E-state index in [9.17, 15) is 0 Å². The van der Waals surface area contributed by atoms with Gasteiger partial charge in [0.15, 0.2) is 0 Å². The van der Waals surface area contributed by atoms with Crippen LogP contribution in [0.3, 0.4) is 0 Å². The molecule has 0 aliphatic carbocycles. The molecule has 0 spiro atoms. The molecule has 0 saturated heterocycles. The van der Waals surface area contributed by atoms with Gasteiger partial charge in [-0.3, -0.25) is 4.90 Å². The van der Waals surface area contributed by atoms with Gasteiger partial charge in [-0.05, 0) is 28.4 Å². The van der Waals surface area contributed by atoms with E-state index in [1.54, 1.807) is 25.6 Å². The summed E-state index contributed by atoms with van der Waals surface area (Å²) < 4.78 is 11.4. The summed E-state index contributed by atoms with van der Waals surface area (Å²) in [7, 11) is 3.46. The second-order valence-corrected chi connectivity index (χ2v) is 6.15. The van der Waals surface area contributed by atoms with Crippen LogP contribution in [0.5, 0.6) is 0 Å². The van der Waals surface area contributed by atoms with E-state index in [-0.39, 0.29) is 6.04 Å². The van der Waals surface area contributed by atoms with Crippen LogP contribution in [0, 0.1) is 0 Å². The van der Waals surface area contributed by atoms with Crippen molar-refractivity contribution in [2.45, 2.75) is 12.5 Å². The van der Waals surface area contributed by atoms with E-state index in [2.05, 4.69) is 32.3 Å². The highest BCUT2D eigenvalue weighted by atomic mass is 79.9. The van der Waals surface area contributed by atoms with Gasteiger partial charge in [-0.1, -0.05) is 0 Å². The highest BCUT2D eigenvalue weighted by Gasteiger charge is 2.20. The Kier molecular flexibility index (Phi) is 8.85. The SMILES string of the molecule is COCCCN(CCOC)C(CN)c1cc(Br)cs1. The van der Waals surface area contributed by atoms with Crippen LogP contribution in [-0.4, -0.2) is 52.0 Å². The maximum absolute atomic E-state index is 5.97. The predicted octanol–water partition coefficient (Wildman–Crippen LogP) is 2.50. The van der Waals surface area contributed by atoms with Gasteiger partial charge >= 0.3 is 0 Å². The number of ether oxygens (including phenoxy) is 2. The number of halogens is 1. The first-order valence-electron chi connectivity index (χ1n) is 6.38. The van der Waals surface area contributed by atoms with Crippen LogP contribution in [0.2, 0.25) is 0 Å². The summed E-state index contributed by atoms with van der Waals surface area (Å²) in [6.45, 7) is 3.96. The van der Waals surface area contributed by atoms with Gasteiger partial charge in [0.1, 0.15) is 0 Å². The molecule has 110 valence electrons. The zero-order chi connectivity index (χ0) is 14.1. The van der Waals surface area contributed by atoms with Gasteiger partial charge in [-0.25, -0.2) is 0 Å². The summed E-state index contributed by atoms with van der Waals surface area (Å²) in [6.07, 6.45) is 1.00. The van der Waals surface area contributed by atoms with Crippen LogP contribution in [0.25, 0.3) is 0 Å². The maximum Gasteiger partial charge on any atom is 0.0589 e. The summed E-state index contributed by atoms with van der Waals surface area (Å²) in [5, 5.41) is 2.10. The first-order chi connectivity index (χ1) is 9.22. The molecule has 0 bridgehead atoms. The molecule has 1 aromatic heterocycles. The molecule has 0 aliphatic heterocycles. The number of hydrogen-bond acceptors (Lipinski definition) is 5. The Bertz CT molecular complexity index is 349. The highest BCUT2D eigenvalue weighted by Crippen LogP contribution is 2.29. The van der Waals surface area contributed by atoms with Crippen LogP contribution in [0.1, 0.15) is 17.3 Å². The molecule has 1 heterocycles. The molecular weight excluding hydrogens is 328 g/mol. The van der Waals surface area contributed by atoms with E-state index in [4.69, 9.17) is 15.2 Å². The molecule has 1 rings (SSSR count). The molecule has 0 aromatic carbocycles. The van der Waals surface area contributed by atoms with Crippen molar-refractivity contribution < 1.29 is 9.47 Å². The van der Waals surface area contributed by atoms with Crippen molar-refractivity contribution in [1.82, 2.24) is 4.90 Å². The Labute approximate surface area is 128 Å². The van der Waals surface area contributed by atoms with Gasteiger partial charge in [0, 0.05) is 55.2 Å². The summed E-state index contributed by atoms with van der Waals surface area (Å²) in [5.41, 5.74) is 5.97. The fraction of sp³-hybridized carbons (Fsp3) is 0.692. The van der Waals surface area contributed by atoms with Crippen molar-refractivity contribution in [3.63, 3.8) is 0 Å². The third kappa shape index (κ3) is 5.89. The molecule has 0 amide bonds. The van der Waals surface area contributed by atoms with Crippen molar-refractivity contribution in [3.05, 3.63) is 20.8 Å². The largest absolute Gasteiger partial charge is 0.385 e. The Balaban J connectivity index is 2.67. The molecule has 0 aliphatic rings. The minimum Gasteiger partial charge on any atom is -0.385 e. The molecule has 0 fully saturated rings. The van der Waals surface area contributed by atoms with E-state index >= 15 is 0 Å². The second kappa shape index (κ2) is 9.85. The number of nitrogens with zero attached hydrogens (tertiary/aromatic N) is 1. The Hall–Kier alpha value is 0.0200. The summed E-state index contributed by atoms with van der Waals surface area (Å²) in [4.78, 5) is 3.67. The minimum absolute atomic E-state index is 0.253. The zero-order valence-corrected chi connectivity index (χ0v) is 14.0. The van der Waals surface area contributed by atoms with Crippen LogP contribution in [0.4, 0.5) is 0 Å². The smallest absolute Gasteiger partial charge is 0.0589 e. The van der Waals surface area contributed by atoms with Gasteiger partial charge in [0.05, 0.1) is 12.6 Å². The van der Waals surface area contributed by atoms with E-state index in [1.165, 1.54) is 4.88 Å². The third-order valence-electron chi connectivity index (χ3n) is 2.96. The summed E-state index contributed by atoms with van der Waals surface area (Å²) >= 11 is 5.24. The molecule has 4 nitrogen and oxygen atoms in total. The first kappa shape index (κ1) is 17.1. The average Bonchev–Trinajstić information content (AvgIpc) is 2.83. The molecule has 2 N–H and O–H groups in total. The fourth-order valence-electron chi connectivity index (χ4n) is 1.99. The number of rotatable bonds is 10. The number of thiophene rings is 1. The Morgan fingerprint density at radius 2 is 2.05 bits per heavy atom. The number of methoxy groups -OCH3 is 2. The lowest BCUT2D eigenvalue weighted by molar-refractivity contribution is 0.109. The van der Waals surface area contributed by atoms with Gasteiger partial charge < -0.3 is 15.2 Å². The van der Waals surface area contributed by atoms with Crippen LogP contribution in [-0.2, 0) is 9.47 Å². The highest BCUT2D eigenvalue weighted by molar-refractivity contribution is 9.10. The van der Waals surface area contributed by atoms with Crippen LogP contribution < -0.4 is 5.73 Å². The molecule has 6 heteroatoms. The van der Waals surface area contributed by atoms with Crippen LogP contribution >= 0.6 is 27.3 Å². The molecule has 0 saturated carbocycles. The quantitative estimate of drug-likeness (QED) is 0.658. The van der Waals surface area contributed by atoms with E-state index in [1.807, 2.05) is 0 Å². The average molecular weight is 351 g/mol. The van der Waals surface area contributed by atoms with Gasteiger partial charge in [-0.15, -0.1) is 11.3 Å². The first-order valence-corrected chi connectivity index (χ1v) is 8.06. The molecule has 1 aromatic rings. The Morgan fingerprint density at radius 3 is 2.58 bits per heavy atom. The Morgan fingerprint density at radius 1 is 1.32 bits per heavy atom. The van der Waals surface area contributed by atoms with Crippen molar-refractivity contribution in [2.24, 2.45) is 5.73 Å². The van der Waals surface area contributed by atoms with Crippen molar-refractivity contribution >= 4 is 27.3 Å². The van der Waals surface area contributed by atoms with Gasteiger partial charge in [0.25, 0.3) is 0 Å². The maximum atomic E-state index is 5.97. The van der Waals surface area contributed by atoms with Crippen LogP contribution in [0.15, 0.2) is 15.9 Å². The molecule has 1 unspecified atom stereocenters. The molecule has 19 heavy (non-hydrogen) atoms. The zero-order valence-electron chi connectivity index (χ0n) is 11.6. The lowest BCUT2D eigenvalue weighted by Gasteiger charge is -2.30. The van der Waals surface area contributed by atoms with Crippen molar-refractivity contribution in [3.8, 4) is 0 Å². The third-order valence-corrected chi connectivity index (χ3v) is 4.75. The fourth-order valence-corrected chi connectivity index (χ4v) is 3.58. The topological polar surface area (TPSA) is 47.7 Å². The van der Waals surface area contributed by atoms with E-state index < -0.39 is 0 Å². The lowest BCUT2D eigenvalue weighted by atomic mass is 10.2. The van der Waals surface area contributed by atoms with E-state index in [0.717, 1.165) is 37.2 Å². The van der Waals surface area contributed by atoms with E-state index in [0.29, 0.717) is 6.54 Å². The number of hydrogen-bond donors (Lipinski definition) is 1. The van der Waals surface area contributed by atoms with Crippen molar-refractivity contribution in [2.75, 3.05) is 47.1 Å². The monoisotopic (exact) mass is 350 g/mol. The molecule has 1 atom stereocenters. The lowest BCUT2D eigenvalue weighted by Crippen LogP contribution is -2.36. The summed E-state index contributed by atoms with van der Waals surface area (Å²) in [5.74, 6) is 0. The molecule has 0 radical (unpaired) electrons. The van der Waals surface area contributed by atoms with Gasteiger partial charge in [-0.2, -0.15) is 0 Å². The summed E-state index contributed by atoms with van der Waals surface area (Å²) in [6, 6.07) is 2.40. The second-order valence-electron chi connectivity index (χ2n) is 4.29. The van der Waals surface area contributed by atoms with Crippen molar-refractivity contribution in [1.29, 1.82) is 0 Å². The predicted molar refractivity (Wildman–Crippen MR) is 83.8 cm³/mol. The number of nitrogens with two attached hydrogens (primary N) is 1. The molecular formula is C13H23BrN2O2S. The van der Waals surface area contributed by atoms with Gasteiger partial charge in [0.2, 0.25) is 0 Å². The normalized spacial score (nSPS) is 13.1. The standard InChI is InChI=1S/C13H23BrN2O2S/c1-17-6-3-4-16(5-7-18-2)12(9-15)13-8-11(14)10-19-13/h8,10,12H,3-7,9,15H2,1-2H3. The minimum atomic E-state index is 0.253.